The third kappa shape index (κ3) is 3.05. The Kier molecular flexibility index (Phi) is 4.31. The molecule has 3 fully saturated rings. The second kappa shape index (κ2) is 6.98. The van der Waals surface area contributed by atoms with Gasteiger partial charge in [-0.2, -0.15) is 0 Å². The van der Waals surface area contributed by atoms with Gasteiger partial charge in [-0.25, -0.2) is 9.97 Å². The number of benzene rings is 1. The third-order valence-corrected chi connectivity index (χ3v) is 6.12. The lowest BCUT2D eigenvalue weighted by molar-refractivity contribution is 0.0728. The Balaban J connectivity index is 1.36. The van der Waals surface area contributed by atoms with Gasteiger partial charge in [-0.1, -0.05) is 12.1 Å². The van der Waals surface area contributed by atoms with Gasteiger partial charge >= 0.3 is 0 Å². The predicted molar refractivity (Wildman–Crippen MR) is 106 cm³/mol. The van der Waals surface area contributed by atoms with Gasteiger partial charge in [-0.05, 0) is 30.9 Å². The highest BCUT2D eigenvalue weighted by molar-refractivity contribution is 5.92. The van der Waals surface area contributed by atoms with Crippen LogP contribution >= 0.6 is 0 Å². The van der Waals surface area contributed by atoms with E-state index in [0.717, 1.165) is 49.5 Å². The highest BCUT2D eigenvalue weighted by atomic mass is 16.2. The van der Waals surface area contributed by atoms with Crippen LogP contribution in [0.2, 0.25) is 0 Å². The summed E-state index contributed by atoms with van der Waals surface area (Å²) in [4.78, 5) is 30.5. The van der Waals surface area contributed by atoms with Crippen LogP contribution in [0.4, 0.5) is 0 Å². The van der Waals surface area contributed by atoms with Crippen LogP contribution in [0.25, 0.3) is 11.0 Å². The molecule has 3 aliphatic heterocycles. The first-order valence-electron chi connectivity index (χ1n) is 9.88. The molecule has 1 aromatic carbocycles. The lowest BCUT2D eigenvalue weighted by Gasteiger charge is -2.35. The van der Waals surface area contributed by atoms with Crippen molar-refractivity contribution in [1.82, 2.24) is 29.3 Å². The number of imidazole rings is 1. The number of piperidine rings is 1. The van der Waals surface area contributed by atoms with E-state index in [4.69, 9.17) is 4.98 Å². The molecule has 0 N–H and O–H groups in total. The number of amides is 1. The first-order valence-corrected chi connectivity index (χ1v) is 9.88. The third-order valence-electron chi connectivity index (χ3n) is 6.12. The first kappa shape index (κ1) is 17.3. The van der Waals surface area contributed by atoms with E-state index in [0.29, 0.717) is 17.7 Å². The van der Waals surface area contributed by atoms with Crippen LogP contribution in [0.1, 0.15) is 29.2 Å². The van der Waals surface area contributed by atoms with Crippen molar-refractivity contribution in [2.45, 2.75) is 25.4 Å². The molecule has 2 bridgehead atoms. The minimum absolute atomic E-state index is 0.00502. The van der Waals surface area contributed by atoms with E-state index in [-0.39, 0.29) is 5.91 Å². The molecule has 0 saturated carbocycles. The second-order valence-electron chi connectivity index (χ2n) is 7.90. The number of hydrogen-bond donors (Lipinski definition) is 0. The zero-order valence-electron chi connectivity index (χ0n) is 16.0. The summed E-state index contributed by atoms with van der Waals surface area (Å²) >= 11 is 0. The number of carbonyl (C=O) groups is 1. The van der Waals surface area contributed by atoms with Crippen molar-refractivity contribution in [3.8, 4) is 0 Å². The Morgan fingerprint density at radius 1 is 1.14 bits per heavy atom. The van der Waals surface area contributed by atoms with Crippen LogP contribution in [0.3, 0.4) is 0 Å². The van der Waals surface area contributed by atoms with E-state index in [2.05, 4.69) is 44.7 Å². The number of carbonyl (C=O) groups excluding carboxylic acids is 1. The molecule has 28 heavy (non-hydrogen) atoms. The lowest BCUT2D eigenvalue weighted by atomic mass is 9.95. The summed E-state index contributed by atoms with van der Waals surface area (Å²) in [7, 11) is 2.09. The number of aryl methyl sites for hydroxylation is 1. The first-order chi connectivity index (χ1) is 13.7. The summed E-state index contributed by atoms with van der Waals surface area (Å²) in [6, 6.07) is 8.62. The summed E-state index contributed by atoms with van der Waals surface area (Å²) in [5.74, 6) is 1.57. The number of hydrogen-bond acceptors (Lipinski definition) is 5. The van der Waals surface area contributed by atoms with Crippen LogP contribution in [0.5, 0.6) is 0 Å². The minimum Gasteiger partial charge on any atom is -0.335 e. The molecule has 0 spiro atoms. The number of nitrogens with zero attached hydrogens (tertiary/aromatic N) is 6. The normalized spacial score (nSPS) is 22.5. The highest BCUT2D eigenvalue weighted by Gasteiger charge is 2.37. The maximum atomic E-state index is 12.9. The minimum atomic E-state index is -0.00502. The molecule has 3 aromatic rings. The van der Waals surface area contributed by atoms with Gasteiger partial charge in [0.15, 0.2) is 0 Å². The van der Waals surface area contributed by atoms with Crippen molar-refractivity contribution in [2.75, 3.05) is 19.6 Å². The molecular weight excluding hydrogens is 352 g/mol. The fourth-order valence-corrected chi connectivity index (χ4v) is 4.63. The monoisotopic (exact) mass is 376 g/mol. The van der Waals surface area contributed by atoms with Gasteiger partial charge in [-0.3, -0.25) is 14.7 Å². The van der Waals surface area contributed by atoms with Crippen molar-refractivity contribution in [2.24, 2.45) is 13.0 Å². The van der Waals surface area contributed by atoms with Gasteiger partial charge < -0.3 is 9.47 Å². The van der Waals surface area contributed by atoms with Crippen LogP contribution in [0.15, 0.2) is 42.9 Å². The van der Waals surface area contributed by atoms with E-state index < -0.39 is 0 Å². The Hall–Kier alpha value is -2.80. The molecule has 0 unspecified atom stereocenters. The van der Waals surface area contributed by atoms with Crippen LogP contribution in [-0.4, -0.2) is 60.9 Å². The van der Waals surface area contributed by atoms with E-state index in [1.54, 1.807) is 18.6 Å². The van der Waals surface area contributed by atoms with Crippen molar-refractivity contribution in [1.29, 1.82) is 0 Å². The predicted octanol–water partition coefficient (Wildman–Crippen LogP) is 2.10. The Bertz CT molecular complexity index is 1000. The largest absolute Gasteiger partial charge is 0.335 e. The van der Waals surface area contributed by atoms with E-state index >= 15 is 0 Å². The van der Waals surface area contributed by atoms with E-state index in [9.17, 15) is 4.79 Å². The zero-order valence-corrected chi connectivity index (χ0v) is 16.0. The molecule has 6 rings (SSSR count). The van der Waals surface area contributed by atoms with Crippen LogP contribution < -0.4 is 0 Å². The molecule has 7 heteroatoms. The number of aromatic nitrogens is 4. The SMILES string of the molecule is Cn1c(CN2C[C@H]3CC[C@@H]2CN(C(=O)c2cnccn2)C3)nc2ccccc21. The van der Waals surface area contributed by atoms with Gasteiger partial charge in [0.1, 0.15) is 11.5 Å². The standard InChI is InChI=1S/C21H24N6O/c1-25-19-5-3-2-4-17(19)24-20(25)14-26-11-15-6-7-16(26)13-27(12-15)21(28)18-10-22-8-9-23-18/h2-5,8-10,15-16H,6-7,11-14H2,1H3/t15-,16-/m1/s1. The number of rotatable bonds is 3. The lowest BCUT2D eigenvalue weighted by Crippen LogP contribution is -2.44. The number of fused-ring (bicyclic) bond motifs is 5. The average Bonchev–Trinajstić information content (AvgIpc) is 2.89. The fraction of sp³-hybridized carbons (Fsp3) is 0.429. The maximum Gasteiger partial charge on any atom is 0.274 e. The second-order valence-corrected chi connectivity index (χ2v) is 7.90. The van der Waals surface area contributed by atoms with Gasteiger partial charge in [0.2, 0.25) is 0 Å². The van der Waals surface area contributed by atoms with Crippen molar-refractivity contribution < 1.29 is 4.79 Å². The Morgan fingerprint density at radius 2 is 2.04 bits per heavy atom. The van der Waals surface area contributed by atoms with Crippen LogP contribution in [-0.2, 0) is 13.6 Å². The van der Waals surface area contributed by atoms with Crippen molar-refractivity contribution in [3.05, 3.63) is 54.4 Å². The summed E-state index contributed by atoms with van der Waals surface area (Å²) in [6.45, 7) is 3.37. The molecule has 7 nitrogen and oxygen atoms in total. The summed E-state index contributed by atoms with van der Waals surface area (Å²) in [5.41, 5.74) is 2.64. The highest BCUT2D eigenvalue weighted by Crippen LogP contribution is 2.30. The van der Waals surface area contributed by atoms with Crippen molar-refractivity contribution in [3.63, 3.8) is 0 Å². The molecule has 0 radical (unpaired) electrons. The topological polar surface area (TPSA) is 67.2 Å². The Morgan fingerprint density at radius 3 is 2.86 bits per heavy atom. The molecule has 1 amide bonds. The molecule has 3 aliphatic rings. The zero-order chi connectivity index (χ0) is 19.1. The van der Waals surface area contributed by atoms with Gasteiger partial charge in [0, 0.05) is 45.1 Å². The maximum absolute atomic E-state index is 12.9. The summed E-state index contributed by atoms with van der Waals surface area (Å²) < 4.78 is 2.19. The van der Waals surface area contributed by atoms with Crippen molar-refractivity contribution >= 4 is 16.9 Å². The fourth-order valence-electron chi connectivity index (χ4n) is 4.63. The van der Waals surface area contributed by atoms with Gasteiger partial charge in [-0.15, -0.1) is 0 Å². The molecule has 5 heterocycles. The molecule has 3 saturated heterocycles. The Labute approximate surface area is 164 Å². The van der Waals surface area contributed by atoms with Crippen LogP contribution in [0, 0.1) is 5.92 Å². The van der Waals surface area contributed by atoms with Gasteiger partial charge in [0.05, 0.1) is 23.8 Å². The smallest absolute Gasteiger partial charge is 0.274 e. The van der Waals surface area contributed by atoms with Gasteiger partial charge in [0.25, 0.3) is 5.91 Å². The summed E-state index contributed by atoms with van der Waals surface area (Å²) in [6.07, 6.45) is 7.04. The molecule has 0 aliphatic carbocycles. The average molecular weight is 376 g/mol. The molecular formula is C21H24N6O. The van der Waals surface area contributed by atoms with E-state index in [1.807, 2.05) is 11.0 Å². The summed E-state index contributed by atoms with van der Waals surface area (Å²) in [5, 5.41) is 0. The molecule has 2 atom stereocenters. The quantitative estimate of drug-likeness (QED) is 0.700. The molecule has 144 valence electrons. The number of para-hydroxylation sites is 2. The molecule has 2 aromatic heterocycles. The van der Waals surface area contributed by atoms with E-state index in [1.165, 1.54) is 6.42 Å².